The van der Waals surface area contributed by atoms with Crippen molar-refractivity contribution in [2.75, 3.05) is 6.54 Å². The first-order chi connectivity index (χ1) is 10.2. The Labute approximate surface area is 124 Å². The SMILES string of the molecule is O=C(NC[C@@]1(O)C=CCCC1)c1cccc2ccccc12. The summed E-state index contributed by atoms with van der Waals surface area (Å²) in [5.74, 6) is -0.140. The second kappa shape index (κ2) is 5.70. The molecule has 1 aliphatic carbocycles. The standard InChI is InChI=1S/C18H19NO2/c20-17(19-13-18(21)11-4-1-5-12-18)16-10-6-8-14-7-2-3-9-15(14)16/h2-4,6-11,21H,1,5,12-13H2,(H,19,20)/t18-/m1/s1. The summed E-state index contributed by atoms with van der Waals surface area (Å²) in [7, 11) is 0. The summed E-state index contributed by atoms with van der Waals surface area (Å²) in [5.41, 5.74) is -0.255. The molecular weight excluding hydrogens is 262 g/mol. The van der Waals surface area contributed by atoms with E-state index >= 15 is 0 Å². The van der Waals surface area contributed by atoms with E-state index in [1.54, 1.807) is 6.08 Å². The first-order valence-electron chi connectivity index (χ1n) is 7.34. The molecule has 1 atom stereocenters. The Balaban J connectivity index is 1.78. The first-order valence-corrected chi connectivity index (χ1v) is 7.34. The van der Waals surface area contributed by atoms with Gasteiger partial charge < -0.3 is 10.4 Å². The number of benzene rings is 2. The normalized spacial score (nSPS) is 21.4. The summed E-state index contributed by atoms with van der Waals surface area (Å²) < 4.78 is 0. The monoisotopic (exact) mass is 281 g/mol. The van der Waals surface area contributed by atoms with Crippen molar-refractivity contribution in [3.8, 4) is 0 Å². The van der Waals surface area contributed by atoms with Crippen LogP contribution in [0.1, 0.15) is 29.6 Å². The van der Waals surface area contributed by atoms with Gasteiger partial charge in [0.1, 0.15) is 0 Å². The maximum atomic E-state index is 12.4. The number of hydrogen-bond acceptors (Lipinski definition) is 2. The third kappa shape index (κ3) is 2.98. The van der Waals surface area contributed by atoms with Crippen LogP contribution in [0.5, 0.6) is 0 Å². The molecule has 0 saturated heterocycles. The molecule has 3 nitrogen and oxygen atoms in total. The Bertz CT molecular complexity index is 687. The highest BCUT2D eigenvalue weighted by molar-refractivity contribution is 6.07. The molecule has 0 unspecified atom stereocenters. The second-order valence-corrected chi connectivity index (χ2v) is 5.61. The lowest BCUT2D eigenvalue weighted by atomic mass is 9.91. The summed E-state index contributed by atoms with van der Waals surface area (Å²) in [4.78, 5) is 12.4. The van der Waals surface area contributed by atoms with Crippen molar-refractivity contribution in [1.29, 1.82) is 0 Å². The highest BCUT2D eigenvalue weighted by Crippen LogP contribution is 2.22. The fourth-order valence-corrected chi connectivity index (χ4v) is 2.81. The smallest absolute Gasteiger partial charge is 0.252 e. The molecule has 0 bridgehead atoms. The van der Waals surface area contributed by atoms with Gasteiger partial charge >= 0.3 is 0 Å². The van der Waals surface area contributed by atoms with Gasteiger partial charge in [0.15, 0.2) is 0 Å². The number of allylic oxidation sites excluding steroid dienone is 1. The van der Waals surface area contributed by atoms with E-state index in [-0.39, 0.29) is 12.5 Å². The zero-order valence-corrected chi connectivity index (χ0v) is 11.9. The van der Waals surface area contributed by atoms with Crippen molar-refractivity contribution >= 4 is 16.7 Å². The van der Waals surface area contributed by atoms with Gasteiger partial charge in [0, 0.05) is 5.56 Å². The molecular formula is C18H19NO2. The number of carbonyl (C=O) groups excluding carboxylic acids is 1. The average molecular weight is 281 g/mol. The van der Waals surface area contributed by atoms with E-state index in [1.165, 1.54) is 0 Å². The van der Waals surface area contributed by atoms with Crippen LogP contribution in [0.15, 0.2) is 54.6 Å². The molecule has 2 N–H and O–H groups in total. The van der Waals surface area contributed by atoms with Crippen molar-refractivity contribution in [2.45, 2.75) is 24.9 Å². The quantitative estimate of drug-likeness (QED) is 0.850. The summed E-state index contributed by atoms with van der Waals surface area (Å²) in [6.45, 7) is 0.256. The molecule has 2 aromatic carbocycles. The molecule has 108 valence electrons. The van der Waals surface area contributed by atoms with Crippen LogP contribution < -0.4 is 5.32 Å². The number of carbonyl (C=O) groups is 1. The Morgan fingerprint density at radius 2 is 2.00 bits per heavy atom. The van der Waals surface area contributed by atoms with E-state index in [0.717, 1.165) is 23.6 Å². The molecule has 3 heteroatoms. The van der Waals surface area contributed by atoms with Gasteiger partial charge in [-0.05, 0) is 36.1 Å². The van der Waals surface area contributed by atoms with Crippen molar-refractivity contribution < 1.29 is 9.90 Å². The average Bonchev–Trinajstić information content (AvgIpc) is 2.53. The highest BCUT2D eigenvalue weighted by atomic mass is 16.3. The molecule has 0 heterocycles. The molecule has 0 saturated carbocycles. The fourth-order valence-electron chi connectivity index (χ4n) is 2.81. The van der Waals surface area contributed by atoms with E-state index in [4.69, 9.17) is 0 Å². The third-order valence-corrected chi connectivity index (χ3v) is 4.00. The number of nitrogens with one attached hydrogen (secondary N) is 1. The summed E-state index contributed by atoms with van der Waals surface area (Å²) in [5, 5.41) is 15.2. The van der Waals surface area contributed by atoms with Crippen molar-refractivity contribution in [3.63, 3.8) is 0 Å². The van der Waals surface area contributed by atoms with Crippen LogP contribution in [-0.2, 0) is 0 Å². The van der Waals surface area contributed by atoms with Gasteiger partial charge in [-0.15, -0.1) is 0 Å². The van der Waals surface area contributed by atoms with Crippen LogP contribution >= 0.6 is 0 Å². The van der Waals surface area contributed by atoms with E-state index < -0.39 is 5.60 Å². The van der Waals surface area contributed by atoms with E-state index in [9.17, 15) is 9.90 Å². The number of amides is 1. The molecule has 0 aromatic heterocycles. The highest BCUT2D eigenvalue weighted by Gasteiger charge is 2.26. The summed E-state index contributed by atoms with van der Waals surface area (Å²) >= 11 is 0. The zero-order valence-electron chi connectivity index (χ0n) is 11.9. The van der Waals surface area contributed by atoms with Gasteiger partial charge in [-0.2, -0.15) is 0 Å². The molecule has 1 aliphatic rings. The molecule has 2 aromatic rings. The van der Waals surface area contributed by atoms with E-state index in [1.807, 2.05) is 48.5 Å². The van der Waals surface area contributed by atoms with Crippen LogP contribution in [0.2, 0.25) is 0 Å². The topological polar surface area (TPSA) is 49.3 Å². The van der Waals surface area contributed by atoms with Crippen molar-refractivity contribution in [1.82, 2.24) is 5.32 Å². The fraction of sp³-hybridized carbons (Fsp3) is 0.278. The molecule has 3 rings (SSSR count). The molecule has 0 radical (unpaired) electrons. The Morgan fingerprint density at radius 1 is 1.19 bits per heavy atom. The summed E-state index contributed by atoms with van der Waals surface area (Å²) in [6, 6.07) is 13.5. The zero-order chi connectivity index (χ0) is 14.7. The lowest BCUT2D eigenvalue weighted by Gasteiger charge is -2.27. The largest absolute Gasteiger partial charge is 0.384 e. The number of rotatable bonds is 3. The third-order valence-electron chi connectivity index (χ3n) is 4.00. The van der Waals surface area contributed by atoms with Crippen LogP contribution in [0, 0.1) is 0 Å². The van der Waals surface area contributed by atoms with Crippen molar-refractivity contribution in [2.24, 2.45) is 0 Å². The minimum atomic E-state index is -0.904. The van der Waals surface area contributed by atoms with E-state index in [2.05, 4.69) is 5.32 Å². The molecule has 0 spiro atoms. The van der Waals surface area contributed by atoms with Gasteiger partial charge in [0.2, 0.25) is 0 Å². The predicted molar refractivity (Wildman–Crippen MR) is 84.2 cm³/mol. The second-order valence-electron chi connectivity index (χ2n) is 5.61. The van der Waals surface area contributed by atoms with Gasteiger partial charge in [-0.25, -0.2) is 0 Å². The summed E-state index contributed by atoms with van der Waals surface area (Å²) in [6.07, 6.45) is 6.43. The van der Waals surface area contributed by atoms with Gasteiger partial charge in [0.25, 0.3) is 5.91 Å². The number of fused-ring (bicyclic) bond motifs is 1. The molecule has 0 fully saturated rings. The number of hydrogen-bond donors (Lipinski definition) is 2. The first kappa shape index (κ1) is 13.8. The van der Waals surface area contributed by atoms with Gasteiger partial charge in [-0.3, -0.25) is 4.79 Å². The van der Waals surface area contributed by atoms with Crippen molar-refractivity contribution in [3.05, 3.63) is 60.2 Å². The number of aliphatic hydroxyl groups is 1. The predicted octanol–water partition coefficient (Wildman–Crippen LogP) is 3.04. The molecule has 21 heavy (non-hydrogen) atoms. The van der Waals surface area contributed by atoms with E-state index in [0.29, 0.717) is 12.0 Å². The Hall–Kier alpha value is -2.13. The molecule has 1 amide bonds. The maximum absolute atomic E-state index is 12.4. The van der Waals surface area contributed by atoms with Crippen LogP contribution in [0.4, 0.5) is 0 Å². The lowest BCUT2D eigenvalue weighted by molar-refractivity contribution is 0.0661. The van der Waals surface area contributed by atoms with Crippen LogP contribution in [-0.4, -0.2) is 23.2 Å². The lowest BCUT2D eigenvalue weighted by Crippen LogP contribution is -2.42. The van der Waals surface area contributed by atoms with Crippen LogP contribution in [0.3, 0.4) is 0 Å². The Morgan fingerprint density at radius 3 is 2.81 bits per heavy atom. The van der Waals surface area contributed by atoms with Gasteiger partial charge in [0.05, 0.1) is 12.1 Å². The minimum Gasteiger partial charge on any atom is -0.384 e. The molecule has 0 aliphatic heterocycles. The maximum Gasteiger partial charge on any atom is 0.252 e. The minimum absolute atomic E-state index is 0.140. The Kier molecular flexibility index (Phi) is 3.76. The van der Waals surface area contributed by atoms with Gasteiger partial charge in [-0.1, -0.05) is 48.6 Å². The van der Waals surface area contributed by atoms with Crippen LogP contribution in [0.25, 0.3) is 10.8 Å².